The summed E-state index contributed by atoms with van der Waals surface area (Å²) in [6.45, 7) is 10.4. The minimum Gasteiger partial charge on any atom is -0.341 e. The summed E-state index contributed by atoms with van der Waals surface area (Å²) in [5, 5.41) is 5.68. The fourth-order valence-electron chi connectivity index (χ4n) is 3.33. The van der Waals surface area contributed by atoms with Crippen molar-refractivity contribution in [1.29, 1.82) is 0 Å². The Kier molecular flexibility index (Phi) is 7.21. The lowest BCUT2D eigenvalue weighted by Gasteiger charge is -2.19. The van der Waals surface area contributed by atoms with E-state index in [-0.39, 0.29) is 23.9 Å². The van der Waals surface area contributed by atoms with E-state index in [1.165, 1.54) is 0 Å². The molecule has 1 aliphatic rings. The standard InChI is InChI=1S/C20H30N4O3/c1-5-10-24-13-16(12-18(24)25)21-20(27)22-17-9-8-15(11-14(17)4)19(26)23(6-2)7-3/h8-9,11,16H,5-7,10,12-13H2,1-4H3,(H2,21,22,27)/t16-/m0/s1. The molecule has 1 aliphatic heterocycles. The SMILES string of the molecule is CCCN1C[C@@H](NC(=O)Nc2ccc(C(=O)N(CC)CC)cc2C)CC1=O. The van der Waals surface area contributed by atoms with Crippen molar-refractivity contribution in [3.05, 3.63) is 29.3 Å². The highest BCUT2D eigenvalue weighted by molar-refractivity contribution is 5.96. The molecular formula is C20H30N4O3. The lowest BCUT2D eigenvalue weighted by Crippen LogP contribution is -2.40. The first-order chi connectivity index (χ1) is 12.9. The zero-order valence-corrected chi connectivity index (χ0v) is 16.7. The Bertz CT molecular complexity index is 700. The van der Waals surface area contributed by atoms with Crippen LogP contribution in [0.5, 0.6) is 0 Å². The first-order valence-corrected chi connectivity index (χ1v) is 9.64. The summed E-state index contributed by atoms with van der Waals surface area (Å²) in [4.78, 5) is 40.1. The third-order valence-corrected chi connectivity index (χ3v) is 4.82. The summed E-state index contributed by atoms with van der Waals surface area (Å²) in [5.74, 6) is 0.0668. The van der Waals surface area contributed by atoms with Crippen LogP contribution in [0, 0.1) is 6.92 Å². The fraction of sp³-hybridized carbons (Fsp3) is 0.550. The Labute approximate surface area is 161 Å². The monoisotopic (exact) mass is 374 g/mol. The average molecular weight is 374 g/mol. The Hall–Kier alpha value is -2.57. The molecule has 1 fully saturated rings. The molecule has 7 heteroatoms. The number of nitrogens with one attached hydrogen (secondary N) is 2. The van der Waals surface area contributed by atoms with E-state index in [1.807, 2.05) is 27.7 Å². The van der Waals surface area contributed by atoms with Crippen molar-refractivity contribution in [2.24, 2.45) is 0 Å². The lowest BCUT2D eigenvalue weighted by molar-refractivity contribution is -0.127. The smallest absolute Gasteiger partial charge is 0.319 e. The van der Waals surface area contributed by atoms with Gasteiger partial charge in [-0.2, -0.15) is 0 Å². The van der Waals surface area contributed by atoms with E-state index in [0.29, 0.717) is 37.3 Å². The van der Waals surface area contributed by atoms with Crippen molar-refractivity contribution < 1.29 is 14.4 Å². The van der Waals surface area contributed by atoms with Gasteiger partial charge in [0.2, 0.25) is 5.91 Å². The molecule has 1 heterocycles. The number of anilines is 1. The maximum Gasteiger partial charge on any atom is 0.319 e. The van der Waals surface area contributed by atoms with Crippen molar-refractivity contribution >= 4 is 23.5 Å². The molecule has 1 atom stereocenters. The number of nitrogens with zero attached hydrogens (tertiary/aromatic N) is 2. The van der Waals surface area contributed by atoms with Crippen molar-refractivity contribution in [2.75, 3.05) is 31.5 Å². The first kappa shape index (κ1) is 20.7. The Morgan fingerprint density at radius 2 is 1.93 bits per heavy atom. The van der Waals surface area contributed by atoms with Crippen molar-refractivity contribution in [3.8, 4) is 0 Å². The number of amides is 4. The zero-order chi connectivity index (χ0) is 20.0. The van der Waals surface area contributed by atoms with Gasteiger partial charge in [0.15, 0.2) is 0 Å². The molecule has 1 saturated heterocycles. The highest BCUT2D eigenvalue weighted by Gasteiger charge is 2.29. The molecule has 4 amide bonds. The number of carbonyl (C=O) groups is 3. The van der Waals surface area contributed by atoms with Crippen LogP contribution in [-0.4, -0.2) is 59.9 Å². The van der Waals surface area contributed by atoms with Crippen LogP contribution in [0.3, 0.4) is 0 Å². The second-order valence-electron chi connectivity index (χ2n) is 6.85. The number of benzene rings is 1. The van der Waals surface area contributed by atoms with Gasteiger partial charge in [-0.05, 0) is 51.0 Å². The predicted octanol–water partition coefficient (Wildman–Crippen LogP) is 2.61. The predicted molar refractivity (Wildman–Crippen MR) is 106 cm³/mol. The second kappa shape index (κ2) is 9.39. The zero-order valence-electron chi connectivity index (χ0n) is 16.7. The third kappa shape index (κ3) is 5.21. The summed E-state index contributed by atoms with van der Waals surface area (Å²) in [5.41, 5.74) is 2.08. The number of hydrogen-bond acceptors (Lipinski definition) is 3. The van der Waals surface area contributed by atoms with Gasteiger partial charge in [0.05, 0.1) is 6.04 Å². The number of hydrogen-bond donors (Lipinski definition) is 2. The second-order valence-corrected chi connectivity index (χ2v) is 6.85. The van der Waals surface area contributed by atoms with Gasteiger partial charge < -0.3 is 20.4 Å². The van der Waals surface area contributed by atoms with Crippen LogP contribution >= 0.6 is 0 Å². The Morgan fingerprint density at radius 1 is 1.22 bits per heavy atom. The molecule has 0 aliphatic carbocycles. The van der Waals surface area contributed by atoms with Crippen molar-refractivity contribution in [3.63, 3.8) is 0 Å². The molecule has 2 N–H and O–H groups in total. The molecule has 0 saturated carbocycles. The summed E-state index contributed by atoms with van der Waals surface area (Å²) in [7, 11) is 0. The van der Waals surface area contributed by atoms with Crippen LogP contribution in [0.4, 0.5) is 10.5 Å². The number of carbonyl (C=O) groups excluding carboxylic acids is 3. The van der Waals surface area contributed by atoms with E-state index in [0.717, 1.165) is 18.5 Å². The minimum atomic E-state index is -0.336. The molecule has 0 aromatic heterocycles. The maximum atomic E-state index is 12.4. The van der Waals surface area contributed by atoms with E-state index in [1.54, 1.807) is 28.0 Å². The lowest BCUT2D eigenvalue weighted by atomic mass is 10.1. The van der Waals surface area contributed by atoms with Crippen LogP contribution < -0.4 is 10.6 Å². The van der Waals surface area contributed by atoms with Crippen LogP contribution in [0.1, 0.15) is 49.5 Å². The van der Waals surface area contributed by atoms with Crippen LogP contribution in [0.25, 0.3) is 0 Å². The Morgan fingerprint density at radius 3 is 2.52 bits per heavy atom. The third-order valence-electron chi connectivity index (χ3n) is 4.82. The van der Waals surface area contributed by atoms with Gasteiger partial charge in [-0.1, -0.05) is 6.92 Å². The van der Waals surface area contributed by atoms with Gasteiger partial charge in [0.1, 0.15) is 0 Å². The van der Waals surface area contributed by atoms with Crippen LogP contribution in [0.2, 0.25) is 0 Å². The molecule has 1 aromatic rings. The topological polar surface area (TPSA) is 81.8 Å². The average Bonchev–Trinajstić information content (AvgIpc) is 2.97. The highest BCUT2D eigenvalue weighted by Crippen LogP contribution is 2.18. The molecule has 0 bridgehead atoms. The molecule has 1 aromatic carbocycles. The highest BCUT2D eigenvalue weighted by atomic mass is 16.2. The van der Waals surface area contributed by atoms with E-state index in [9.17, 15) is 14.4 Å². The van der Waals surface area contributed by atoms with Gasteiger partial charge in [-0.15, -0.1) is 0 Å². The van der Waals surface area contributed by atoms with E-state index >= 15 is 0 Å². The molecule has 2 rings (SSSR count). The van der Waals surface area contributed by atoms with Gasteiger partial charge in [-0.3, -0.25) is 9.59 Å². The summed E-state index contributed by atoms with van der Waals surface area (Å²) in [6.07, 6.45) is 1.24. The van der Waals surface area contributed by atoms with Gasteiger partial charge >= 0.3 is 6.03 Å². The minimum absolute atomic E-state index is 0.0143. The summed E-state index contributed by atoms with van der Waals surface area (Å²) < 4.78 is 0. The molecule has 27 heavy (non-hydrogen) atoms. The number of rotatable bonds is 7. The maximum absolute atomic E-state index is 12.4. The molecule has 7 nitrogen and oxygen atoms in total. The summed E-state index contributed by atoms with van der Waals surface area (Å²) in [6, 6.07) is 4.75. The normalized spacial score (nSPS) is 16.4. The Balaban J connectivity index is 1.96. The van der Waals surface area contributed by atoms with E-state index < -0.39 is 0 Å². The van der Waals surface area contributed by atoms with Gasteiger partial charge in [0.25, 0.3) is 5.91 Å². The molecule has 0 radical (unpaired) electrons. The molecular weight excluding hydrogens is 344 g/mol. The molecule has 148 valence electrons. The van der Waals surface area contributed by atoms with Gasteiger partial charge in [0, 0.05) is 43.9 Å². The quantitative estimate of drug-likeness (QED) is 0.770. The molecule has 0 spiro atoms. The number of aryl methyl sites for hydroxylation is 1. The fourth-order valence-corrected chi connectivity index (χ4v) is 3.33. The van der Waals surface area contributed by atoms with Crippen LogP contribution in [-0.2, 0) is 4.79 Å². The molecule has 0 unspecified atom stereocenters. The van der Waals surface area contributed by atoms with Crippen molar-refractivity contribution in [1.82, 2.24) is 15.1 Å². The van der Waals surface area contributed by atoms with E-state index in [2.05, 4.69) is 10.6 Å². The first-order valence-electron chi connectivity index (χ1n) is 9.64. The summed E-state index contributed by atoms with van der Waals surface area (Å²) >= 11 is 0. The van der Waals surface area contributed by atoms with Crippen LogP contribution in [0.15, 0.2) is 18.2 Å². The van der Waals surface area contributed by atoms with Crippen molar-refractivity contribution in [2.45, 2.75) is 46.6 Å². The van der Waals surface area contributed by atoms with E-state index in [4.69, 9.17) is 0 Å². The number of urea groups is 1. The number of likely N-dealkylation sites (tertiary alicyclic amines) is 1. The van der Waals surface area contributed by atoms with Gasteiger partial charge in [-0.25, -0.2) is 4.79 Å². The largest absolute Gasteiger partial charge is 0.341 e.